The first kappa shape index (κ1) is 18.7. The van der Waals surface area contributed by atoms with E-state index in [1.54, 1.807) is 0 Å². The number of aromatic nitrogens is 1. The van der Waals surface area contributed by atoms with Gasteiger partial charge in [-0.05, 0) is 76.1 Å². The highest BCUT2D eigenvalue weighted by molar-refractivity contribution is 5.94. The third kappa shape index (κ3) is 4.54. The van der Waals surface area contributed by atoms with E-state index in [0.717, 1.165) is 49.9 Å². The quantitative estimate of drug-likeness (QED) is 0.767. The van der Waals surface area contributed by atoms with Crippen LogP contribution in [0.3, 0.4) is 0 Å². The number of rotatable bonds is 4. The van der Waals surface area contributed by atoms with E-state index in [0.29, 0.717) is 5.92 Å². The van der Waals surface area contributed by atoms with E-state index >= 15 is 0 Å². The summed E-state index contributed by atoms with van der Waals surface area (Å²) < 4.78 is 15.1. The Morgan fingerprint density at radius 2 is 1.92 bits per heavy atom. The Morgan fingerprint density at radius 1 is 1.19 bits per heavy atom. The molecule has 0 radical (unpaired) electrons. The zero-order chi connectivity index (χ0) is 18.7. The number of benzene rings is 1. The molecule has 0 spiro atoms. The Balaban J connectivity index is 1.58. The zero-order valence-corrected chi connectivity index (χ0v) is 16.0. The number of halogens is 1. The van der Waals surface area contributed by atoms with Crippen LogP contribution in [0.4, 0.5) is 4.39 Å². The van der Waals surface area contributed by atoms with Gasteiger partial charge in [-0.1, -0.05) is 12.1 Å². The molecule has 1 aromatic carbocycles. The highest BCUT2D eigenvalue weighted by Crippen LogP contribution is 2.24. The molecular weight excluding hydrogens is 327 g/mol. The van der Waals surface area contributed by atoms with Crippen molar-refractivity contribution in [2.45, 2.75) is 52.0 Å². The standard InChI is InChI=1S/C22H29FN2O/c1-22(2,3)25-14-12-19(16-25)21(26)24-13-4-5-18(15-24)7-6-17-8-10-20(23)11-9-17/h8-12,14,16,18H,4-7,13,15H2,1-3H3. The molecule has 1 fully saturated rings. The zero-order valence-electron chi connectivity index (χ0n) is 16.0. The van der Waals surface area contributed by atoms with E-state index in [1.165, 1.54) is 12.1 Å². The molecule has 0 bridgehead atoms. The Labute approximate surface area is 155 Å². The molecule has 2 heterocycles. The van der Waals surface area contributed by atoms with Crippen LogP contribution in [0.2, 0.25) is 0 Å². The minimum absolute atomic E-state index is 0.0158. The van der Waals surface area contributed by atoms with Crippen LogP contribution in [0.1, 0.15) is 56.0 Å². The van der Waals surface area contributed by atoms with Crippen LogP contribution in [0.25, 0.3) is 0 Å². The second-order valence-electron chi connectivity index (χ2n) is 8.40. The monoisotopic (exact) mass is 356 g/mol. The maximum atomic E-state index is 13.0. The van der Waals surface area contributed by atoms with Gasteiger partial charge in [-0.2, -0.15) is 0 Å². The Kier molecular flexibility index (Phi) is 5.49. The summed E-state index contributed by atoms with van der Waals surface area (Å²) in [5.74, 6) is 0.465. The van der Waals surface area contributed by atoms with Crippen LogP contribution in [0.15, 0.2) is 42.7 Å². The fourth-order valence-electron chi connectivity index (χ4n) is 3.63. The van der Waals surface area contributed by atoms with E-state index in [1.807, 2.05) is 35.5 Å². The lowest BCUT2D eigenvalue weighted by Crippen LogP contribution is -2.40. The van der Waals surface area contributed by atoms with Gasteiger partial charge in [0.05, 0.1) is 5.56 Å². The van der Waals surface area contributed by atoms with Gasteiger partial charge in [0.25, 0.3) is 5.91 Å². The largest absolute Gasteiger partial charge is 0.348 e. The summed E-state index contributed by atoms with van der Waals surface area (Å²) >= 11 is 0. The number of likely N-dealkylation sites (tertiary alicyclic amines) is 1. The number of carbonyl (C=O) groups is 1. The maximum absolute atomic E-state index is 13.0. The van der Waals surface area contributed by atoms with Gasteiger partial charge in [-0.3, -0.25) is 4.79 Å². The number of aryl methyl sites for hydroxylation is 1. The number of nitrogens with zero attached hydrogens (tertiary/aromatic N) is 2. The van der Waals surface area contributed by atoms with Gasteiger partial charge in [-0.25, -0.2) is 4.39 Å². The maximum Gasteiger partial charge on any atom is 0.255 e. The smallest absolute Gasteiger partial charge is 0.255 e. The lowest BCUT2D eigenvalue weighted by molar-refractivity contribution is 0.0668. The van der Waals surface area contributed by atoms with Gasteiger partial charge >= 0.3 is 0 Å². The molecule has 0 saturated carbocycles. The first-order valence-electron chi connectivity index (χ1n) is 9.55. The van der Waals surface area contributed by atoms with Crippen molar-refractivity contribution in [2.75, 3.05) is 13.1 Å². The summed E-state index contributed by atoms with van der Waals surface area (Å²) in [6.07, 6.45) is 8.15. The summed E-state index contributed by atoms with van der Waals surface area (Å²) in [7, 11) is 0. The van der Waals surface area contributed by atoms with Crippen molar-refractivity contribution in [3.63, 3.8) is 0 Å². The average Bonchev–Trinajstić information content (AvgIpc) is 3.11. The molecule has 1 unspecified atom stereocenters. The lowest BCUT2D eigenvalue weighted by Gasteiger charge is -2.33. The van der Waals surface area contributed by atoms with Gasteiger partial charge in [0.1, 0.15) is 5.82 Å². The van der Waals surface area contributed by atoms with Crippen molar-refractivity contribution < 1.29 is 9.18 Å². The van der Waals surface area contributed by atoms with Gasteiger partial charge in [-0.15, -0.1) is 0 Å². The fourth-order valence-corrected chi connectivity index (χ4v) is 3.63. The molecule has 1 aliphatic heterocycles. The predicted octanol–water partition coefficient (Wildman–Crippen LogP) is 4.87. The molecule has 0 aliphatic carbocycles. The molecule has 3 nitrogen and oxygen atoms in total. The number of hydrogen-bond acceptors (Lipinski definition) is 1. The molecule has 1 aliphatic rings. The Morgan fingerprint density at radius 3 is 2.58 bits per heavy atom. The average molecular weight is 356 g/mol. The molecule has 3 rings (SSSR count). The van der Waals surface area contributed by atoms with Crippen LogP contribution >= 0.6 is 0 Å². The van der Waals surface area contributed by atoms with E-state index in [4.69, 9.17) is 0 Å². The first-order valence-corrected chi connectivity index (χ1v) is 9.55. The summed E-state index contributed by atoms with van der Waals surface area (Å²) in [5.41, 5.74) is 1.93. The van der Waals surface area contributed by atoms with E-state index in [9.17, 15) is 9.18 Å². The topological polar surface area (TPSA) is 25.2 Å². The molecule has 2 aromatic rings. The lowest BCUT2D eigenvalue weighted by atomic mass is 9.91. The number of hydrogen-bond donors (Lipinski definition) is 0. The number of piperidine rings is 1. The van der Waals surface area contributed by atoms with Crippen molar-refractivity contribution in [1.82, 2.24) is 9.47 Å². The van der Waals surface area contributed by atoms with Crippen molar-refractivity contribution in [2.24, 2.45) is 5.92 Å². The number of carbonyl (C=O) groups excluding carboxylic acids is 1. The molecule has 26 heavy (non-hydrogen) atoms. The van der Waals surface area contributed by atoms with Crippen molar-refractivity contribution in [1.29, 1.82) is 0 Å². The molecule has 0 N–H and O–H groups in total. The van der Waals surface area contributed by atoms with Crippen LogP contribution in [0.5, 0.6) is 0 Å². The van der Waals surface area contributed by atoms with Crippen molar-refractivity contribution in [3.8, 4) is 0 Å². The van der Waals surface area contributed by atoms with E-state index in [2.05, 4.69) is 25.3 Å². The minimum atomic E-state index is -0.189. The van der Waals surface area contributed by atoms with Gasteiger partial charge in [0, 0.05) is 31.0 Å². The summed E-state index contributed by atoms with van der Waals surface area (Å²) in [6, 6.07) is 8.68. The highest BCUT2D eigenvalue weighted by atomic mass is 19.1. The third-order valence-electron chi connectivity index (χ3n) is 5.28. The molecule has 140 valence electrons. The van der Waals surface area contributed by atoms with Crippen molar-refractivity contribution >= 4 is 5.91 Å². The predicted molar refractivity (Wildman–Crippen MR) is 103 cm³/mol. The van der Waals surface area contributed by atoms with E-state index < -0.39 is 0 Å². The number of amides is 1. The molecule has 1 saturated heterocycles. The highest BCUT2D eigenvalue weighted by Gasteiger charge is 2.25. The molecule has 1 atom stereocenters. The Bertz CT molecular complexity index is 742. The molecular formula is C22H29FN2O. The van der Waals surface area contributed by atoms with Crippen LogP contribution < -0.4 is 0 Å². The third-order valence-corrected chi connectivity index (χ3v) is 5.28. The molecule has 4 heteroatoms. The van der Waals surface area contributed by atoms with Gasteiger partial charge in [0.2, 0.25) is 0 Å². The van der Waals surface area contributed by atoms with Crippen LogP contribution in [0, 0.1) is 11.7 Å². The normalized spacial score (nSPS) is 18.2. The van der Waals surface area contributed by atoms with Crippen molar-refractivity contribution in [3.05, 3.63) is 59.7 Å². The van der Waals surface area contributed by atoms with Crippen LogP contribution in [-0.2, 0) is 12.0 Å². The first-order chi connectivity index (χ1) is 12.3. The second kappa shape index (κ2) is 7.65. The molecule has 1 amide bonds. The van der Waals surface area contributed by atoms with E-state index in [-0.39, 0.29) is 17.3 Å². The van der Waals surface area contributed by atoms with Crippen LogP contribution in [-0.4, -0.2) is 28.5 Å². The second-order valence-corrected chi connectivity index (χ2v) is 8.40. The summed E-state index contributed by atoms with van der Waals surface area (Å²) in [5, 5.41) is 0. The fraction of sp³-hybridized carbons (Fsp3) is 0.500. The van der Waals surface area contributed by atoms with Gasteiger partial charge < -0.3 is 9.47 Å². The SMILES string of the molecule is CC(C)(C)n1ccc(C(=O)N2CCCC(CCc3ccc(F)cc3)C2)c1. The van der Waals surface area contributed by atoms with Gasteiger partial charge in [0.15, 0.2) is 0 Å². The summed E-state index contributed by atoms with van der Waals surface area (Å²) in [4.78, 5) is 14.9. The summed E-state index contributed by atoms with van der Waals surface area (Å²) in [6.45, 7) is 8.06. The minimum Gasteiger partial charge on any atom is -0.348 e. The Hall–Kier alpha value is -2.10. The molecule has 1 aromatic heterocycles.